The van der Waals surface area contributed by atoms with Crippen molar-refractivity contribution >= 4 is 28.4 Å². The second kappa shape index (κ2) is 8.51. The molecule has 0 aliphatic heterocycles. The first kappa shape index (κ1) is 19.9. The minimum absolute atomic E-state index is 0.228. The zero-order valence-corrected chi connectivity index (χ0v) is 16.9. The number of aromatic nitrogens is 1. The van der Waals surface area contributed by atoms with Crippen LogP contribution in [0.25, 0.3) is 10.9 Å². The van der Waals surface area contributed by atoms with Crippen molar-refractivity contribution in [3.8, 4) is 11.5 Å². The van der Waals surface area contributed by atoms with Crippen LogP contribution < -0.4 is 10.1 Å². The number of nitrogens with one attached hydrogen (secondary N) is 1. The van der Waals surface area contributed by atoms with Crippen LogP contribution in [0.3, 0.4) is 0 Å². The molecule has 6 heteroatoms. The summed E-state index contributed by atoms with van der Waals surface area (Å²) in [4.78, 5) is 17.0. The number of carbonyl (C=O) groups is 1. The first-order chi connectivity index (χ1) is 14.5. The molecule has 0 saturated heterocycles. The first-order valence-corrected chi connectivity index (χ1v) is 9.73. The van der Waals surface area contributed by atoms with Gasteiger partial charge in [0.2, 0.25) is 0 Å². The van der Waals surface area contributed by atoms with Crippen LogP contribution >= 0.6 is 11.6 Å². The minimum Gasteiger partial charge on any atom is -0.456 e. The molecule has 0 aliphatic rings. The zero-order chi connectivity index (χ0) is 21.1. The first-order valence-electron chi connectivity index (χ1n) is 9.35. The van der Waals surface area contributed by atoms with Crippen molar-refractivity contribution in [3.05, 3.63) is 100 Å². The van der Waals surface area contributed by atoms with E-state index in [4.69, 9.17) is 16.3 Å². The molecule has 1 heterocycles. The number of hydrogen-bond donors (Lipinski definition) is 1. The van der Waals surface area contributed by atoms with Gasteiger partial charge in [-0.05, 0) is 61.0 Å². The highest BCUT2D eigenvalue weighted by Gasteiger charge is 2.14. The maximum absolute atomic E-state index is 13.0. The van der Waals surface area contributed by atoms with Crippen LogP contribution in [0.2, 0.25) is 5.02 Å². The van der Waals surface area contributed by atoms with E-state index < -0.39 is 0 Å². The molecule has 4 rings (SSSR count). The molecule has 0 fully saturated rings. The van der Waals surface area contributed by atoms with Crippen molar-refractivity contribution in [3.63, 3.8) is 0 Å². The maximum atomic E-state index is 13.0. The highest BCUT2D eigenvalue weighted by Crippen LogP contribution is 2.32. The average Bonchev–Trinajstić information content (AvgIpc) is 2.74. The van der Waals surface area contributed by atoms with Crippen molar-refractivity contribution < 1.29 is 13.9 Å². The predicted octanol–water partition coefficient (Wildman–Crippen LogP) is 6.06. The number of ether oxygens (including phenoxy) is 1. The normalized spacial score (nSPS) is 10.8. The molecule has 1 aromatic heterocycles. The molecular formula is C24H18ClFN2O2. The number of amides is 1. The Morgan fingerprint density at radius 3 is 2.67 bits per heavy atom. The summed E-state index contributed by atoms with van der Waals surface area (Å²) in [5.41, 5.74) is 2.77. The zero-order valence-electron chi connectivity index (χ0n) is 16.2. The summed E-state index contributed by atoms with van der Waals surface area (Å²) in [7, 11) is 0. The van der Waals surface area contributed by atoms with Crippen LogP contribution in [-0.2, 0) is 6.54 Å². The molecule has 30 heavy (non-hydrogen) atoms. The van der Waals surface area contributed by atoms with E-state index in [1.165, 1.54) is 12.1 Å². The third-order valence-electron chi connectivity index (χ3n) is 4.78. The van der Waals surface area contributed by atoms with E-state index >= 15 is 0 Å². The van der Waals surface area contributed by atoms with Crippen LogP contribution in [0.15, 0.2) is 72.9 Å². The van der Waals surface area contributed by atoms with Gasteiger partial charge in [-0.2, -0.15) is 0 Å². The largest absolute Gasteiger partial charge is 0.456 e. The summed E-state index contributed by atoms with van der Waals surface area (Å²) in [6.07, 6.45) is 1.66. The summed E-state index contributed by atoms with van der Waals surface area (Å²) < 4.78 is 19.2. The van der Waals surface area contributed by atoms with Crippen LogP contribution in [-0.4, -0.2) is 10.9 Å². The highest BCUT2D eigenvalue weighted by molar-refractivity contribution is 6.31. The Morgan fingerprint density at radius 2 is 1.87 bits per heavy atom. The number of rotatable bonds is 5. The Balaban J connectivity index is 1.56. The molecule has 0 aliphatic carbocycles. The topological polar surface area (TPSA) is 51.2 Å². The summed E-state index contributed by atoms with van der Waals surface area (Å²) in [6, 6.07) is 18.5. The van der Waals surface area contributed by atoms with E-state index in [-0.39, 0.29) is 11.7 Å². The third-order valence-corrected chi connectivity index (χ3v) is 5.01. The fourth-order valence-corrected chi connectivity index (χ4v) is 3.32. The van der Waals surface area contributed by atoms with Crippen molar-refractivity contribution in [2.75, 3.05) is 0 Å². The SMILES string of the molecule is Cc1c(Oc2ccnc3cc(Cl)ccc23)cccc1C(=O)NCc1ccc(F)cc1. The standard InChI is InChI=1S/C24H18ClFN2O2/c1-15-19(24(29)28-14-16-5-8-18(26)9-6-16)3-2-4-22(15)30-23-11-12-27-21-13-17(25)7-10-20(21)23/h2-13H,14H2,1H3,(H,28,29). The van der Waals surface area contributed by atoms with Crippen LogP contribution in [0.1, 0.15) is 21.5 Å². The lowest BCUT2D eigenvalue weighted by atomic mass is 10.1. The highest BCUT2D eigenvalue weighted by atomic mass is 35.5. The monoisotopic (exact) mass is 420 g/mol. The van der Waals surface area contributed by atoms with Gasteiger partial charge in [-0.3, -0.25) is 9.78 Å². The maximum Gasteiger partial charge on any atom is 0.251 e. The van der Waals surface area contributed by atoms with Gasteiger partial charge >= 0.3 is 0 Å². The number of fused-ring (bicyclic) bond motifs is 1. The summed E-state index contributed by atoms with van der Waals surface area (Å²) >= 11 is 6.05. The van der Waals surface area contributed by atoms with Gasteiger partial charge in [0.1, 0.15) is 17.3 Å². The van der Waals surface area contributed by atoms with Crippen molar-refractivity contribution in [2.24, 2.45) is 0 Å². The van der Waals surface area contributed by atoms with E-state index in [0.29, 0.717) is 34.2 Å². The quantitative estimate of drug-likeness (QED) is 0.427. The third kappa shape index (κ3) is 4.26. The number of benzene rings is 3. The number of nitrogens with zero attached hydrogens (tertiary/aromatic N) is 1. The van der Waals surface area contributed by atoms with Crippen molar-refractivity contribution in [1.82, 2.24) is 10.3 Å². The molecule has 0 radical (unpaired) electrons. The second-order valence-corrected chi connectivity index (χ2v) is 7.25. The number of halogens is 2. The molecule has 0 atom stereocenters. The molecule has 1 N–H and O–H groups in total. The predicted molar refractivity (Wildman–Crippen MR) is 116 cm³/mol. The lowest BCUT2D eigenvalue weighted by Gasteiger charge is -2.14. The van der Waals surface area contributed by atoms with Gasteiger partial charge in [0.25, 0.3) is 5.91 Å². The number of pyridine rings is 1. The van der Waals surface area contributed by atoms with Gasteiger partial charge in [0, 0.05) is 34.3 Å². The number of hydrogen-bond acceptors (Lipinski definition) is 3. The lowest BCUT2D eigenvalue weighted by molar-refractivity contribution is 0.0950. The lowest BCUT2D eigenvalue weighted by Crippen LogP contribution is -2.23. The van der Waals surface area contributed by atoms with Gasteiger partial charge < -0.3 is 10.1 Å². The Hall–Kier alpha value is -3.44. The average molecular weight is 421 g/mol. The van der Waals surface area contributed by atoms with E-state index in [1.54, 1.807) is 48.7 Å². The molecule has 150 valence electrons. The second-order valence-electron chi connectivity index (χ2n) is 6.81. The van der Waals surface area contributed by atoms with Gasteiger partial charge in [-0.1, -0.05) is 29.8 Å². The van der Waals surface area contributed by atoms with Gasteiger partial charge in [-0.15, -0.1) is 0 Å². The molecule has 4 aromatic rings. The van der Waals surface area contributed by atoms with E-state index in [0.717, 1.165) is 16.5 Å². The molecule has 4 nitrogen and oxygen atoms in total. The fraction of sp³-hybridized carbons (Fsp3) is 0.0833. The molecular weight excluding hydrogens is 403 g/mol. The van der Waals surface area contributed by atoms with E-state index in [2.05, 4.69) is 10.3 Å². The summed E-state index contributed by atoms with van der Waals surface area (Å²) in [6.45, 7) is 2.14. The van der Waals surface area contributed by atoms with Gasteiger partial charge in [0.05, 0.1) is 5.52 Å². The van der Waals surface area contributed by atoms with Crippen LogP contribution in [0.4, 0.5) is 4.39 Å². The van der Waals surface area contributed by atoms with Crippen molar-refractivity contribution in [1.29, 1.82) is 0 Å². The Bertz CT molecular complexity index is 1230. The summed E-state index contributed by atoms with van der Waals surface area (Å²) in [5.74, 6) is 0.667. The minimum atomic E-state index is -0.309. The summed E-state index contributed by atoms with van der Waals surface area (Å²) in [5, 5.41) is 4.29. The Kier molecular flexibility index (Phi) is 5.63. The van der Waals surface area contributed by atoms with Crippen LogP contribution in [0, 0.1) is 12.7 Å². The van der Waals surface area contributed by atoms with Crippen molar-refractivity contribution in [2.45, 2.75) is 13.5 Å². The van der Waals surface area contributed by atoms with E-state index in [9.17, 15) is 9.18 Å². The Morgan fingerprint density at radius 1 is 1.07 bits per heavy atom. The smallest absolute Gasteiger partial charge is 0.251 e. The number of carbonyl (C=O) groups excluding carboxylic acids is 1. The molecule has 0 bridgehead atoms. The van der Waals surface area contributed by atoms with E-state index in [1.807, 2.05) is 19.1 Å². The molecule has 0 unspecified atom stereocenters. The van der Waals surface area contributed by atoms with Gasteiger partial charge in [-0.25, -0.2) is 4.39 Å². The van der Waals surface area contributed by atoms with Crippen LogP contribution in [0.5, 0.6) is 11.5 Å². The fourth-order valence-electron chi connectivity index (χ4n) is 3.15. The molecule has 3 aromatic carbocycles. The van der Waals surface area contributed by atoms with Gasteiger partial charge in [0.15, 0.2) is 0 Å². The Labute approximate surface area is 178 Å². The molecule has 0 spiro atoms. The molecule has 0 saturated carbocycles. The molecule has 1 amide bonds.